The van der Waals surface area contributed by atoms with Gasteiger partial charge < -0.3 is 9.47 Å². The van der Waals surface area contributed by atoms with Gasteiger partial charge in [-0.25, -0.2) is 0 Å². The molecule has 2 amide bonds. The van der Waals surface area contributed by atoms with Crippen molar-refractivity contribution in [1.82, 2.24) is 10.9 Å². The molecule has 0 bridgehead atoms. The lowest BCUT2D eigenvalue weighted by Gasteiger charge is -2.11. The first kappa shape index (κ1) is 20.9. The molecule has 8 heteroatoms. The van der Waals surface area contributed by atoms with Crippen LogP contribution < -0.4 is 20.3 Å². The second kappa shape index (κ2) is 10.0. The largest absolute Gasteiger partial charge is 0.493 e. The predicted molar refractivity (Wildman–Crippen MR) is 104 cm³/mol. The summed E-state index contributed by atoms with van der Waals surface area (Å²) >= 11 is 11.8. The van der Waals surface area contributed by atoms with E-state index in [2.05, 4.69) is 10.9 Å². The molecule has 2 rings (SSSR count). The van der Waals surface area contributed by atoms with Gasteiger partial charge >= 0.3 is 0 Å². The molecule has 0 heterocycles. The van der Waals surface area contributed by atoms with E-state index in [0.717, 1.165) is 0 Å². The number of rotatable bonds is 7. The normalized spacial score (nSPS) is 10.4. The standard InChI is InChI=1S/C19H20Cl2N2O4/c1-12(2)10-26-15-5-3-4-13(8-15)19(25)23-22-18(24)11-27-17-7-6-14(20)9-16(17)21/h3-9,12H,10-11H2,1-2H3,(H,22,24)(H,23,25). The molecule has 2 aromatic carbocycles. The van der Waals surface area contributed by atoms with E-state index >= 15 is 0 Å². The van der Waals surface area contributed by atoms with Crippen LogP contribution in [0.3, 0.4) is 0 Å². The monoisotopic (exact) mass is 410 g/mol. The first-order valence-corrected chi connectivity index (χ1v) is 9.00. The van der Waals surface area contributed by atoms with Gasteiger partial charge in [0, 0.05) is 10.6 Å². The zero-order valence-corrected chi connectivity index (χ0v) is 16.4. The van der Waals surface area contributed by atoms with Gasteiger partial charge in [0.15, 0.2) is 6.61 Å². The highest BCUT2D eigenvalue weighted by Gasteiger charge is 2.10. The number of amides is 2. The number of benzene rings is 2. The highest BCUT2D eigenvalue weighted by Crippen LogP contribution is 2.27. The van der Waals surface area contributed by atoms with Crippen LogP contribution in [0.1, 0.15) is 24.2 Å². The third-order valence-electron chi connectivity index (χ3n) is 3.25. The van der Waals surface area contributed by atoms with Crippen LogP contribution in [0.5, 0.6) is 11.5 Å². The Bertz CT molecular complexity index is 812. The smallest absolute Gasteiger partial charge is 0.276 e. The summed E-state index contributed by atoms with van der Waals surface area (Å²) in [6.45, 7) is 4.29. The first-order valence-electron chi connectivity index (χ1n) is 8.25. The van der Waals surface area contributed by atoms with E-state index in [1.54, 1.807) is 36.4 Å². The third-order valence-corrected chi connectivity index (χ3v) is 3.78. The van der Waals surface area contributed by atoms with Crippen molar-refractivity contribution in [2.45, 2.75) is 13.8 Å². The molecule has 0 spiro atoms. The highest BCUT2D eigenvalue weighted by atomic mass is 35.5. The zero-order valence-electron chi connectivity index (χ0n) is 14.9. The second-order valence-electron chi connectivity index (χ2n) is 6.10. The van der Waals surface area contributed by atoms with Crippen molar-refractivity contribution < 1.29 is 19.1 Å². The molecule has 2 N–H and O–H groups in total. The Balaban J connectivity index is 1.82. The predicted octanol–water partition coefficient (Wildman–Crippen LogP) is 3.87. The van der Waals surface area contributed by atoms with Crippen molar-refractivity contribution in [3.63, 3.8) is 0 Å². The minimum absolute atomic E-state index is 0.289. The lowest BCUT2D eigenvalue weighted by atomic mass is 10.2. The van der Waals surface area contributed by atoms with Crippen LogP contribution in [0.15, 0.2) is 42.5 Å². The Labute approximate surface area is 167 Å². The molecule has 0 atom stereocenters. The lowest BCUT2D eigenvalue weighted by molar-refractivity contribution is -0.123. The number of halogens is 2. The molecule has 2 aromatic rings. The molecular weight excluding hydrogens is 391 g/mol. The molecule has 0 unspecified atom stereocenters. The Morgan fingerprint density at radius 2 is 1.81 bits per heavy atom. The third kappa shape index (κ3) is 7.00. The molecule has 27 heavy (non-hydrogen) atoms. The summed E-state index contributed by atoms with van der Waals surface area (Å²) in [5, 5.41) is 0.751. The molecule has 144 valence electrons. The van der Waals surface area contributed by atoms with Gasteiger partial charge in [0.05, 0.1) is 11.6 Å². The fourth-order valence-electron chi connectivity index (χ4n) is 1.96. The number of ether oxygens (including phenoxy) is 2. The van der Waals surface area contributed by atoms with E-state index in [-0.39, 0.29) is 11.6 Å². The maximum absolute atomic E-state index is 12.1. The first-order chi connectivity index (χ1) is 12.8. The van der Waals surface area contributed by atoms with E-state index < -0.39 is 11.8 Å². The number of carbonyl (C=O) groups excluding carboxylic acids is 2. The van der Waals surface area contributed by atoms with Crippen LogP contribution >= 0.6 is 23.2 Å². The maximum atomic E-state index is 12.1. The van der Waals surface area contributed by atoms with E-state index in [4.69, 9.17) is 32.7 Å². The van der Waals surface area contributed by atoms with Crippen LogP contribution in [-0.2, 0) is 4.79 Å². The van der Waals surface area contributed by atoms with Crippen LogP contribution in [0.2, 0.25) is 10.0 Å². The summed E-state index contributed by atoms with van der Waals surface area (Å²) in [7, 11) is 0. The molecule has 0 aliphatic rings. The molecule has 0 saturated heterocycles. The zero-order chi connectivity index (χ0) is 19.8. The van der Waals surface area contributed by atoms with Crippen molar-refractivity contribution in [3.8, 4) is 11.5 Å². The minimum atomic E-state index is -0.540. The quantitative estimate of drug-likeness (QED) is 0.679. The van der Waals surface area contributed by atoms with E-state index in [9.17, 15) is 9.59 Å². The van der Waals surface area contributed by atoms with Crippen LogP contribution in [0.25, 0.3) is 0 Å². The summed E-state index contributed by atoms with van der Waals surface area (Å²) in [6, 6.07) is 11.4. The Morgan fingerprint density at radius 3 is 2.52 bits per heavy atom. The van der Waals surface area contributed by atoms with Crippen LogP contribution in [0.4, 0.5) is 0 Å². The number of hydrazine groups is 1. The Morgan fingerprint density at radius 1 is 1.04 bits per heavy atom. The highest BCUT2D eigenvalue weighted by molar-refractivity contribution is 6.35. The number of nitrogens with one attached hydrogen (secondary N) is 2. The second-order valence-corrected chi connectivity index (χ2v) is 6.94. The van der Waals surface area contributed by atoms with Crippen molar-refractivity contribution in [1.29, 1.82) is 0 Å². The van der Waals surface area contributed by atoms with Gasteiger partial charge in [-0.3, -0.25) is 20.4 Å². The van der Waals surface area contributed by atoms with Crippen LogP contribution in [0, 0.1) is 5.92 Å². The molecule has 0 aromatic heterocycles. The van der Waals surface area contributed by atoms with Gasteiger partial charge in [0.1, 0.15) is 11.5 Å². The summed E-state index contributed by atoms with van der Waals surface area (Å²) in [4.78, 5) is 24.0. The summed E-state index contributed by atoms with van der Waals surface area (Å²) in [5.74, 6) is 0.265. The fraction of sp³-hybridized carbons (Fsp3) is 0.263. The molecule has 0 fully saturated rings. The van der Waals surface area contributed by atoms with Gasteiger partial charge in [-0.15, -0.1) is 0 Å². The van der Waals surface area contributed by atoms with Gasteiger partial charge in [-0.05, 0) is 42.3 Å². The van der Waals surface area contributed by atoms with E-state index in [1.165, 1.54) is 6.07 Å². The fourth-order valence-corrected chi connectivity index (χ4v) is 2.42. The molecule has 0 aliphatic carbocycles. The molecule has 0 aliphatic heterocycles. The molecular formula is C19H20Cl2N2O4. The van der Waals surface area contributed by atoms with E-state index in [1.807, 2.05) is 13.8 Å². The summed E-state index contributed by atoms with van der Waals surface area (Å²) < 4.78 is 10.9. The van der Waals surface area contributed by atoms with Gasteiger partial charge in [-0.2, -0.15) is 0 Å². The van der Waals surface area contributed by atoms with Gasteiger partial charge in [0.2, 0.25) is 0 Å². The molecule has 0 radical (unpaired) electrons. The van der Waals surface area contributed by atoms with Gasteiger partial charge in [0.25, 0.3) is 11.8 Å². The Hall–Kier alpha value is -2.44. The molecule has 6 nitrogen and oxygen atoms in total. The van der Waals surface area contributed by atoms with Gasteiger partial charge in [-0.1, -0.05) is 43.1 Å². The summed E-state index contributed by atoms with van der Waals surface area (Å²) in [5.41, 5.74) is 4.96. The topological polar surface area (TPSA) is 76.7 Å². The SMILES string of the molecule is CC(C)COc1cccc(C(=O)NNC(=O)COc2ccc(Cl)cc2Cl)c1. The maximum Gasteiger partial charge on any atom is 0.276 e. The van der Waals surface area contributed by atoms with Crippen molar-refractivity contribution in [2.24, 2.45) is 5.92 Å². The lowest BCUT2D eigenvalue weighted by Crippen LogP contribution is -2.43. The number of hydrogen-bond acceptors (Lipinski definition) is 4. The minimum Gasteiger partial charge on any atom is -0.493 e. The Kier molecular flexibility index (Phi) is 7.76. The van der Waals surface area contributed by atoms with Crippen molar-refractivity contribution in [3.05, 3.63) is 58.1 Å². The van der Waals surface area contributed by atoms with Crippen LogP contribution in [-0.4, -0.2) is 25.0 Å². The van der Waals surface area contributed by atoms with E-state index in [0.29, 0.717) is 34.6 Å². The summed E-state index contributed by atoms with van der Waals surface area (Å²) in [6.07, 6.45) is 0. The molecule has 0 saturated carbocycles. The average Bonchev–Trinajstić information content (AvgIpc) is 2.64. The average molecular weight is 411 g/mol. The number of carbonyl (C=O) groups is 2. The van der Waals surface area contributed by atoms with Crippen molar-refractivity contribution in [2.75, 3.05) is 13.2 Å². The van der Waals surface area contributed by atoms with Crippen molar-refractivity contribution >= 4 is 35.0 Å². The number of hydrogen-bond donors (Lipinski definition) is 2.